The maximum atomic E-state index is 13.4. The van der Waals surface area contributed by atoms with Crippen molar-refractivity contribution in [1.82, 2.24) is 0 Å². The Morgan fingerprint density at radius 2 is 1.43 bits per heavy atom. The first-order valence-corrected chi connectivity index (χ1v) is 12.3. The fourth-order valence-corrected chi connectivity index (χ4v) is 4.63. The molecule has 0 saturated carbocycles. The second-order valence-corrected chi connectivity index (χ2v) is 9.19. The molecule has 7 nitrogen and oxygen atoms in total. The highest BCUT2D eigenvalue weighted by molar-refractivity contribution is 8.00. The summed E-state index contributed by atoms with van der Waals surface area (Å²) in [4.78, 5) is 38.5. The van der Waals surface area contributed by atoms with Gasteiger partial charge in [-0.05, 0) is 66.2 Å². The molecule has 0 aromatic heterocycles. The smallest absolute Gasteiger partial charge is 0.255 e. The monoisotopic (exact) mass is 511 g/mol. The zero-order chi connectivity index (χ0) is 26.2. The lowest BCUT2D eigenvalue weighted by molar-refractivity contribution is -0.115. The summed E-state index contributed by atoms with van der Waals surface area (Å²) in [6.45, 7) is 0. The Kier molecular flexibility index (Phi) is 8.22. The molecule has 0 aliphatic carbocycles. The fourth-order valence-electron chi connectivity index (χ4n) is 3.60. The molecule has 0 saturated heterocycles. The predicted octanol–water partition coefficient (Wildman–Crippen LogP) is 5.52. The number of ether oxygens (including phenoxy) is 1. The summed E-state index contributed by atoms with van der Waals surface area (Å²) in [6.07, 6.45) is 0. The molecule has 0 aliphatic heterocycles. The summed E-state index contributed by atoms with van der Waals surface area (Å²) in [5.74, 6) is -0.473. The SMILES string of the molecule is COc1ccc(C(=O)Nc2ccc(SC(C(=O)Nc3ccccc3C(N)=O)c3ccccc3)cc2)cc1. The fraction of sp³-hybridized carbons (Fsp3) is 0.0690. The number of nitrogens with one attached hydrogen (secondary N) is 2. The van der Waals surface area contributed by atoms with Gasteiger partial charge in [0.2, 0.25) is 5.91 Å². The number of benzene rings is 4. The van der Waals surface area contributed by atoms with Crippen LogP contribution in [0, 0.1) is 0 Å². The predicted molar refractivity (Wildman–Crippen MR) is 146 cm³/mol. The van der Waals surface area contributed by atoms with Crippen LogP contribution in [0.1, 0.15) is 31.5 Å². The molecule has 4 N–H and O–H groups in total. The van der Waals surface area contributed by atoms with E-state index in [2.05, 4.69) is 10.6 Å². The number of hydrogen-bond acceptors (Lipinski definition) is 5. The molecule has 0 spiro atoms. The van der Waals surface area contributed by atoms with E-state index in [1.54, 1.807) is 67.8 Å². The minimum atomic E-state index is -0.618. The Hall–Kier alpha value is -4.56. The summed E-state index contributed by atoms with van der Waals surface area (Å²) in [6, 6.07) is 30.1. The van der Waals surface area contributed by atoms with Crippen molar-refractivity contribution in [3.63, 3.8) is 0 Å². The van der Waals surface area contributed by atoms with Gasteiger partial charge >= 0.3 is 0 Å². The lowest BCUT2D eigenvalue weighted by Gasteiger charge is -2.18. The third kappa shape index (κ3) is 6.56. The van der Waals surface area contributed by atoms with Crippen molar-refractivity contribution >= 4 is 40.9 Å². The van der Waals surface area contributed by atoms with Crippen molar-refractivity contribution in [2.75, 3.05) is 17.7 Å². The van der Waals surface area contributed by atoms with E-state index in [4.69, 9.17) is 10.5 Å². The van der Waals surface area contributed by atoms with E-state index >= 15 is 0 Å². The number of para-hydroxylation sites is 1. The molecule has 1 unspecified atom stereocenters. The van der Waals surface area contributed by atoms with Crippen LogP contribution in [-0.2, 0) is 4.79 Å². The Balaban J connectivity index is 1.49. The summed E-state index contributed by atoms with van der Waals surface area (Å²) >= 11 is 1.36. The van der Waals surface area contributed by atoms with Crippen LogP contribution in [0.25, 0.3) is 0 Å². The van der Waals surface area contributed by atoms with Gasteiger partial charge in [0.05, 0.1) is 18.4 Å². The number of nitrogens with two attached hydrogens (primary N) is 1. The van der Waals surface area contributed by atoms with Gasteiger partial charge in [0.15, 0.2) is 0 Å². The topological polar surface area (TPSA) is 111 Å². The second-order valence-electron chi connectivity index (χ2n) is 8.01. The molecule has 0 bridgehead atoms. The van der Waals surface area contributed by atoms with Gasteiger partial charge in [0, 0.05) is 16.1 Å². The van der Waals surface area contributed by atoms with Crippen LogP contribution in [-0.4, -0.2) is 24.8 Å². The van der Waals surface area contributed by atoms with Crippen LogP contribution in [0.3, 0.4) is 0 Å². The van der Waals surface area contributed by atoms with Crippen molar-refractivity contribution in [1.29, 1.82) is 0 Å². The van der Waals surface area contributed by atoms with Crippen molar-refractivity contribution in [3.05, 3.63) is 120 Å². The number of hydrogen-bond donors (Lipinski definition) is 3. The minimum absolute atomic E-state index is 0.238. The molecule has 8 heteroatoms. The van der Waals surface area contributed by atoms with Gasteiger partial charge in [-0.25, -0.2) is 0 Å². The first kappa shape index (κ1) is 25.5. The van der Waals surface area contributed by atoms with Crippen LogP contribution >= 0.6 is 11.8 Å². The number of anilines is 2. The maximum Gasteiger partial charge on any atom is 0.255 e. The number of thioether (sulfide) groups is 1. The average molecular weight is 512 g/mol. The van der Waals surface area contributed by atoms with Gasteiger partial charge in [-0.2, -0.15) is 0 Å². The van der Waals surface area contributed by atoms with Crippen LogP contribution in [0.5, 0.6) is 5.75 Å². The van der Waals surface area contributed by atoms with Crippen molar-refractivity contribution < 1.29 is 19.1 Å². The van der Waals surface area contributed by atoms with Crippen molar-refractivity contribution in [2.45, 2.75) is 10.1 Å². The number of rotatable bonds is 9. The Morgan fingerprint density at radius 1 is 0.784 bits per heavy atom. The molecule has 0 radical (unpaired) electrons. The molecule has 4 aromatic carbocycles. The zero-order valence-corrected chi connectivity index (χ0v) is 20.8. The summed E-state index contributed by atoms with van der Waals surface area (Å²) in [5, 5.41) is 5.12. The first-order valence-electron chi connectivity index (χ1n) is 11.4. The first-order chi connectivity index (χ1) is 17.9. The van der Waals surface area contributed by atoms with E-state index in [9.17, 15) is 14.4 Å². The van der Waals surface area contributed by atoms with Gasteiger partial charge in [-0.15, -0.1) is 11.8 Å². The number of primary amides is 1. The quantitative estimate of drug-likeness (QED) is 0.256. The number of methoxy groups -OCH3 is 1. The molecule has 3 amide bonds. The summed E-state index contributed by atoms with van der Waals surface area (Å²) in [7, 11) is 1.57. The standard InChI is InChI=1S/C29H25N3O4S/c1-36-22-15-11-20(12-16-22)28(34)31-21-13-17-23(18-14-21)37-26(19-7-3-2-4-8-19)29(35)32-25-10-6-5-9-24(25)27(30)33/h2-18,26H,1H3,(H2,30,33)(H,31,34)(H,32,35). The molecule has 4 rings (SSSR count). The minimum Gasteiger partial charge on any atom is -0.497 e. The molecular formula is C29H25N3O4S. The van der Waals surface area contributed by atoms with E-state index in [0.29, 0.717) is 22.7 Å². The molecule has 0 heterocycles. The van der Waals surface area contributed by atoms with Gasteiger partial charge in [-0.1, -0.05) is 42.5 Å². The van der Waals surface area contributed by atoms with Gasteiger partial charge in [0.1, 0.15) is 11.0 Å². The third-order valence-electron chi connectivity index (χ3n) is 5.51. The Bertz CT molecular complexity index is 1390. The average Bonchev–Trinajstić information content (AvgIpc) is 2.93. The van der Waals surface area contributed by atoms with Crippen molar-refractivity contribution in [3.8, 4) is 5.75 Å². The van der Waals surface area contributed by atoms with E-state index in [-0.39, 0.29) is 17.4 Å². The lowest BCUT2D eigenvalue weighted by atomic mass is 10.1. The van der Waals surface area contributed by atoms with Gasteiger partial charge in [0.25, 0.3) is 11.8 Å². The molecule has 37 heavy (non-hydrogen) atoms. The number of carbonyl (C=O) groups excluding carboxylic acids is 3. The maximum absolute atomic E-state index is 13.4. The zero-order valence-electron chi connectivity index (χ0n) is 20.0. The van der Waals surface area contributed by atoms with Crippen LogP contribution in [0.4, 0.5) is 11.4 Å². The summed E-state index contributed by atoms with van der Waals surface area (Å²) in [5.41, 5.74) is 8.01. The molecular weight excluding hydrogens is 486 g/mol. The van der Waals surface area contributed by atoms with Crippen LogP contribution in [0.2, 0.25) is 0 Å². The number of carbonyl (C=O) groups is 3. The highest BCUT2D eigenvalue weighted by Crippen LogP contribution is 2.37. The van der Waals surface area contributed by atoms with Crippen LogP contribution in [0.15, 0.2) is 108 Å². The molecule has 0 aliphatic rings. The highest BCUT2D eigenvalue weighted by atomic mass is 32.2. The normalized spacial score (nSPS) is 11.3. The molecule has 4 aromatic rings. The van der Waals surface area contributed by atoms with Crippen molar-refractivity contribution in [2.24, 2.45) is 5.73 Å². The van der Waals surface area contributed by atoms with Gasteiger partial charge < -0.3 is 21.1 Å². The van der Waals surface area contributed by atoms with E-state index in [1.807, 2.05) is 42.5 Å². The second kappa shape index (κ2) is 11.9. The Morgan fingerprint density at radius 3 is 2.08 bits per heavy atom. The number of amides is 3. The van der Waals surface area contributed by atoms with E-state index in [1.165, 1.54) is 11.8 Å². The van der Waals surface area contributed by atoms with E-state index in [0.717, 1.165) is 10.5 Å². The largest absolute Gasteiger partial charge is 0.497 e. The van der Waals surface area contributed by atoms with E-state index < -0.39 is 11.2 Å². The molecule has 1 atom stereocenters. The van der Waals surface area contributed by atoms with Gasteiger partial charge in [-0.3, -0.25) is 14.4 Å². The van der Waals surface area contributed by atoms with Crippen LogP contribution < -0.4 is 21.1 Å². The summed E-state index contributed by atoms with van der Waals surface area (Å²) < 4.78 is 5.13. The molecule has 186 valence electrons. The third-order valence-corrected chi connectivity index (χ3v) is 6.78. The Labute approximate surface area is 219 Å². The molecule has 0 fully saturated rings. The lowest BCUT2D eigenvalue weighted by Crippen LogP contribution is -2.22. The highest BCUT2D eigenvalue weighted by Gasteiger charge is 2.23.